The van der Waals surface area contributed by atoms with Crippen molar-refractivity contribution >= 4 is 11.3 Å². The molecule has 0 atom stereocenters. The molecule has 2 aromatic heterocycles. The van der Waals surface area contributed by atoms with Crippen LogP contribution in [-0.2, 0) is 17.4 Å². The molecule has 0 bridgehead atoms. The summed E-state index contributed by atoms with van der Waals surface area (Å²) >= 11 is 0. The number of hydrogen-bond donors (Lipinski definition) is 1. The van der Waals surface area contributed by atoms with Crippen molar-refractivity contribution in [3.05, 3.63) is 59.9 Å². The third kappa shape index (κ3) is 5.48. The van der Waals surface area contributed by atoms with Gasteiger partial charge in [-0.25, -0.2) is 4.52 Å². The molecule has 0 aliphatic carbocycles. The summed E-state index contributed by atoms with van der Waals surface area (Å²) in [6, 6.07) is 11.4. The molecule has 30 heavy (non-hydrogen) atoms. The number of aliphatic hydroxyl groups is 1. The van der Waals surface area contributed by atoms with E-state index in [0.29, 0.717) is 42.5 Å². The van der Waals surface area contributed by atoms with Crippen molar-refractivity contribution in [1.29, 1.82) is 0 Å². The average molecular weight is 418 g/mol. The minimum absolute atomic E-state index is 0.00407. The number of benzene rings is 1. The second-order valence-corrected chi connectivity index (χ2v) is 8.17. The number of halogens is 3. The molecule has 0 unspecified atom stereocenters. The number of fused-ring (bicyclic) bond motifs is 1. The maximum absolute atomic E-state index is 13.2. The molecule has 2 heterocycles. The van der Waals surface area contributed by atoms with E-state index in [1.54, 1.807) is 13.8 Å². The smallest absolute Gasteiger partial charge is 0.390 e. The molecule has 3 aromatic rings. The highest BCUT2D eigenvalue weighted by Gasteiger charge is 2.31. The number of pyridine rings is 1. The molecule has 0 radical (unpaired) electrons. The summed E-state index contributed by atoms with van der Waals surface area (Å²) in [5, 5.41) is 14.2. The van der Waals surface area contributed by atoms with E-state index in [4.69, 9.17) is 0 Å². The zero-order chi connectivity index (χ0) is 21.9. The Labute approximate surface area is 173 Å². The molecular weight excluding hydrogens is 393 g/mol. The Kier molecular flexibility index (Phi) is 6.31. The van der Waals surface area contributed by atoms with Gasteiger partial charge in [-0.1, -0.05) is 30.3 Å². The quantitative estimate of drug-likeness (QED) is 0.494. The summed E-state index contributed by atoms with van der Waals surface area (Å²) in [6.07, 6.45) is -0.781. The highest BCUT2D eigenvalue weighted by molar-refractivity contribution is 5.83. The molecule has 160 valence electrons. The number of Topliss-reactive ketones (excluding diaryl/α,β-unsaturated/α-hetero) is 1. The van der Waals surface area contributed by atoms with Crippen LogP contribution in [0.5, 0.6) is 0 Å². The van der Waals surface area contributed by atoms with Gasteiger partial charge in [-0.05, 0) is 50.8 Å². The number of rotatable bonds is 8. The van der Waals surface area contributed by atoms with Crippen LogP contribution in [0.15, 0.2) is 48.7 Å². The van der Waals surface area contributed by atoms with E-state index < -0.39 is 17.3 Å². The Hall–Kier alpha value is -2.67. The largest absolute Gasteiger partial charge is 0.416 e. The van der Waals surface area contributed by atoms with Gasteiger partial charge in [0.1, 0.15) is 5.78 Å². The summed E-state index contributed by atoms with van der Waals surface area (Å²) in [6.45, 7) is 3.20. The molecule has 7 heteroatoms. The number of aryl methyl sites for hydroxylation is 1. The molecule has 0 fully saturated rings. The van der Waals surface area contributed by atoms with Crippen LogP contribution in [0.25, 0.3) is 16.6 Å². The fourth-order valence-corrected chi connectivity index (χ4v) is 3.55. The third-order valence-electron chi connectivity index (χ3n) is 4.85. The first-order chi connectivity index (χ1) is 14.0. The van der Waals surface area contributed by atoms with Gasteiger partial charge in [-0.15, -0.1) is 0 Å². The van der Waals surface area contributed by atoms with Crippen molar-refractivity contribution in [3.8, 4) is 11.1 Å². The first kappa shape index (κ1) is 22.0. The Balaban J connectivity index is 1.84. The zero-order valence-corrected chi connectivity index (χ0v) is 17.0. The zero-order valence-electron chi connectivity index (χ0n) is 17.0. The predicted octanol–water partition coefficient (Wildman–Crippen LogP) is 5.46. The van der Waals surface area contributed by atoms with Crippen molar-refractivity contribution in [2.45, 2.75) is 57.7 Å². The number of carbonyl (C=O) groups excluding carboxylic acids is 1. The standard InChI is InChI=1S/C23H25F3N2O2/c1-22(2,30)15-18(29)10-6-7-11-19-21(16-8-4-3-5-9-16)20-14-17(23(24,25)26)12-13-28(20)27-19/h3-5,8-9,12-14,30H,6-7,10-11,15H2,1-2H3. The SMILES string of the molecule is CC(C)(O)CC(=O)CCCCc1nn2ccc(C(F)(F)F)cc2c1-c1ccccc1. The number of alkyl halides is 3. The maximum Gasteiger partial charge on any atom is 0.416 e. The van der Waals surface area contributed by atoms with E-state index >= 15 is 0 Å². The molecule has 0 aliphatic heterocycles. The number of nitrogens with zero attached hydrogens (tertiary/aromatic N) is 2. The summed E-state index contributed by atoms with van der Waals surface area (Å²) in [5.74, 6) is -0.00407. The van der Waals surface area contributed by atoms with Gasteiger partial charge in [-0.2, -0.15) is 18.3 Å². The van der Waals surface area contributed by atoms with Crippen molar-refractivity contribution in [3.63, 3.8) is 0 Å². The summed E-state index contributed by atoms with van der Waals surface area (Å²) in [4.78, 5) is 11.9. The summed E-state index contributed by atoms with van der Waals surface area (Å²) in [5.41, 5.74) is 0.870. The van der Waals surface area contributed by atoms with Gasteiger partial charge in [0.05, 0.1) is 22.4 Å². The lowest BCUT2D eigenvalue weighted by atomic mass is 9.97. The molecule has 4 nitrogen and oxygen atoms in total. The molecule has 0 saturated heterocycles. The molecule has 1 N–H and O–H groups in total. The van der Waals surface area contributed by atoms with Gasteiger partial charge >= 0.3 is 6.18 Å². The summed E-state index contributed by atoms with van der Waals surface area (Å²) < 4.78 is 41.1. The van der Waals surface area contributed by atoms with Crippen LogP contribution in [0.2, 0.25) is 0 Å². The maximum atomic E-state index is 13.2. The van der Waals surface area contributed by atoms with Gasteiger partial charge < -0.3 is 5.11 Å². The second kappa shape index (κ2) is 8.60. The van der Waals surface area contributed by atoms with E-state index in [-0.39, 0.29) is 12.2 Å². The lowest BCUT2D eigenvalue weighted by molar-refractivity contribution is -0.137. The molecule has 0 spiro atoms. The molecular formula is C23H25F3N2O2. The lowest BCUT2D eigenvalue weighted by Gasteiger charge is -2.15. The normalized spacial score (nSPS) is 12.5. The van der Waals surface area contributed by atoms with Gasteiger partial charge in [0, 0.05) is 24.6 Å². The number of aromatic nitrogens is 2. The Morgan fingerprint density at radius 2 is 1.80 bits per heavy atom. The first-order valence-corrected chi connectivity index (χ1v) is 9.92. The summed E-state index contributed by atoms with van der Waals surface area (Å²) in [7, 11) is 0. The van der Waals surface area contributed by atoms with Gasteiger partial charge in [0.25, 0.3) is 0 Å². The van der Waals surface area contributed by atoms with Crippen LogP contribution < -0.4 is 0 Å². The van der Waals surface area contributed by atoms with Gasteiger partial charge in [0.2, 0.25) is 0 Å². The van der Waals surface area contributed by atoms with Crippen molar-refractivity contribution in [1.82, 2.24) is 9.61 Å². The number of carbonyl (C=O) groups is 1. The molecule has 1 aromatic carbocycles. The van der Waals surface area contributed by atoms with Crippen molar-refractivity contribution < 1.29 is 23.1 Å². The Bertz CT molecular complexity index is 1020. The Morgan fingerprint density at radius 3 is 2.43 bits per heavy atom. The second-order valence-electron chi connectivity index (χ2n) is 8.17. The van der Waals surface area contributed by atoms with Crippen LogP contribution in [0.1, 0.15) is 50.8 Å². The molecule has 0 amide bonds. The number of hydrogen-bond acceptors (Lipinski definition) is 3. The lowest BCUT2D eigenvalue weighted by Crippen LogP contribution is -2.23. The van der Waals surface area contributed by atoms with E-state index in [1.807, 2.05) is 30.3 Å². The fourth-order valence-electron chi connectivity index (χ4n) is 3.55. The van der Waals surface area contributed by atoms with Crippen LogP contribution in [0.4, 0.5) is 13.2 Å². The van der Waals surface area contributed by atoms with Crippen LogP contribution in [-0.4, -0.2) is 26.1 Å². The molecule has 0 aliphatic rings. The Morgan fingerprint density at radius 1 is 1.10 bits per heavy atom. The predicted molar refractivity (Wildman–Crippen MR) is 109 cm³/mol. The van der Waals surface area contributed by atoms with Crippen molar-refractivity contribution in [2.24, 2.45) is 0 Å². The molecule has 0 saturated carbocycles. The minimum atomic E-state index is -4.43. The monoisotopic (exact) mass is 418 g/mol. The average Bonchev–Trinajstić information content (AvgIpc) is 3.01. The van der Waals surface area contributed by atoms with Gasteiger partial charge in [0.15, 0.2) is 0 Å². The van der Waals surface area contributed by atoms with E-state index in [0.717, 1.165) is 17.7 Å². The van der Waals surface area contributed by atoms with E-state index in [2.05, 4.69) is 5.10 Å². The van der Waals surface area contributed by atoms with Crippen LogP contribution in [0.3, 0.4) is 0 Å². The molecule has 3 rings (SSSR count). The third-order valence-corrected chi connectivity index (χ3v) is 4.85. The fraction of sp³-hybridized carbons (Fsp3) is 0.391. The van der Waals surface area contributed by atoms with Crippen LogP contribution >= 0.6 is 0 Å². The highest BCUT2D eigenvalue weighted by Crippen LogP contribution is 2.34. The van der Waals surface area contributed by atoms with E-state index in [9.17, 15) is 23.1 Å². The number of ketones is 1. The topological polar surface area (TPSA) is 54.6 Å². The number of unbranched alkanes of at least 4 members (excludes halogenated alkanes) is 1. The van der Waals surface area contributed by atoms with Crippen molar-refractivity contribution in [2.75, 3.05) is 0 Å². The minimum Gasteiger partial charge on any atom is -0.390 e. The van der Waals surface area contributed by atoms with Gasteiger partial charge in [-0.3, -0.25) is 4.79 Å². The van der Waals surface area contributed by atoms with E-state index in [1.165, 1.54) is 10.7 Å². The highest BCUT2D eigenvalue weighted by atomic mass is 19.4. The first-order valence-electron chi connectivity index (χ1n) is 9.92. The van der Waals surface area contributed by atoms with Crippen LogP contribution in [0, 0.1) is 0 Å².